The van der Waals surface area contributed by atoms with Crippen molar-refractivity contribution in [1.82, 2.24) is 14.9 Å². The van der Waals surface area contributed by atoms with Gasteiger partial charge in [-0.15, -0.1) is 0 Å². The molecule has 0 bridgehead atoms. The van der Waals surface area contributed by atoms with Crippen molar-refractivity contribution in [2.45, 2.75) is 50.5 Å². The summed E-state index contributed by atoms with van der Waals surface area (Å²) in [5.41, 5.74) is -0.712. The first-order valence-corrected chi connectivity index (χ1v) is 9.69. The SMILES string of the molecule is O=C(CCCBr)NCCCc1cn([C@H]2C[C@H](O)[C@@H](CO)O2)c(=O)[nH]c1=O. The van der Waals surface area contributed by atoms with Gasteiger partial charge >= 0.3 is 5.69 Å². The second-order valence-corrected chi connectivity index (χ2v) is 6.97. The monoisotopic (exact) mass is 433 g/mol. The number of H-pyrrole nitrogens is 1. The van der Waals surface area contributed by atoms with Crippen LogP contribution in [0.3, 0.4) is 0 Å². The largest absolute Gasteiger partial charge is 0.394 e. The highest BCUT2D eigenvalue weighted by molar-refractivity contribution is 9.09. The molecule has 1 aliphatic rings. The fourth-order valence-corrected chi connectivity index (χ4v) is 3.07. The lowest BCUT2D eigenvalue weighted by Gasteiger charge is -2.15. The van der Waals surface area contributed by atoms with Crippen LogP contribution in [0.2, 0.25) is 0 Å². The summed E-state index contributed by atoms with van der Waals surface area (Å²) in [4.78, 5) is 37.8. The Bertz CT molecular complexity index is 719. The smallest absolute Gasteiger partial charge is 0.330 e. The number of hydrogen-bond donors (Lipinski definition) is 4. The van der Waals surface area contributed by atoms with Crippen molar-refractivity contribution < 1.29 is 19.7 Å². The number of ether oxygens (including phenoxy) is 1. The number of carbonyl (C=O) groups excluding carboxylic acids is 1. The second kappa shape index (κ2) is 10.0. The van der Waals surface area contributed by atoms with Crippen LogP contribution in [0.15, 0.2) is 15.8 Å². The molecule has 0 unspecified atom stereocenters. The maximum absolute atomic E-state index is 12.0. The standard InChI is InChI=1S/C16H24BrN3O6/c17-5-1-4-13(23)18-6-2-3-10-8-20(16(25)19-15(10)24)14-7-11(22)12(9-21)26-14/h8,11-12,14,21-22H,1-7,9H2,(H,18,23)(H,19,24,25)/t11-,12+,14+/m0/s1. The van der Waals surface area contributed by atoms with Crippen molar-refractivity contribution in [3.8, 4) is 0 Å². The number of aliphatic hydroxyl groups is 2. The van der Waals surface area contributed by atoms with Gasteiger partial charge < -0.3 is 20.3 Å². The molecule has 26 heavy (non-hydrogen) atoms. The van der Waals surface area contributed by atoms with Crippen molar-refractivity contribution in [2.75, 3.05) is 18.5 Å². The van der Waals surface area contributed by atoms with E-state index in [9.17, 15) is 19.5 Å². The van der Waals surface area contributed by atoms with Crippen LogP contribution >= 0.6 is 15.9 Å². The molecule has 1 aliphatic heterocycles. The van der Waals surface area contributed by atoms with Gasteiger partial charge in [0.25, 0.3) is 5.56 Å². The Balaban J connectivity index is 1.96. The first kappa shape index (κ1) is 20.8. The Kier molecular flexibility index (Phi) is 8.01. The first-order valence-electron chi connectivity index (χ1n) is 8.57. The van der Waals surface area contributed by atoms with E-state index in [-0.39, 0.29) is 18.9 Å². The number of rotatable bonds is 9. The maximum atomic E-state index is 12.0. The molecule has 4 N–H and O–H groups in total. The summed E-state index contributed by atoms with van der Waals surface area (Å²) in [7, 11) is 0. The second-order valence-electron chi connectivity index (χ2n) is 6.18. The molecule has 2 rings (SSSR count). The molecule has 1 fully saturated rings. The van der Waals surface area contributed by atoms with E-state index in [0.717, 1.165) is 11.8 Å². The van der Waals surface area contributed by atoms with Gasteiger partial charge in [-0.3, -0.25) is 19.1 Å². The van der Waals surface area contributed by atoms with Crippen LogP contribution in [0.25, 0.3) is 0 Å². The average molecular weight is 434 g/mol. The number of nitrogens with zero attached hydrogens (tertiary/aromatic N) is 1. The Morgan fingerprint density at radius 2 is 2.19 bits per heavy atom. The number of amides is 1. The van der Waals surface area contributed by atoms with Gasteiger partial charge in [0, 0.05) is 36.5 Å². The Morgan fingerprint density at radius 1 is 1.42 bits per heavy atom. The quantitative estimate of drug-likeness (QED) is 0.303. The van der Waals surface area contributed by atoms with Gasteiger partial charge in [0.15, 0.2) is 0 Å². The van der Waals surface area contributed by atoms with Crippen molar-refractivity contribution >= 4 is 21.8 Å². The molecule has 1 aromatic heterocycles. The van der Waals surface area contributed by atoms with Gasteiger partial charge in [-0.05, 0) is 19.3 Å². The lowest BCUT2D eigenvalue weighted by atomic mass is 10.1. The van der Waals surface area contributed by atoms with Gasteiger partial charge in [0.2, 0.25) is 5.91 Å². The molecule has 1 aromatic rings. The van der Waals surface area contributed by atoms with Crippen molar-refractivity contribution in [3.63, 3.8) is 0 Å². The van der Waals surface area contributed by atoms with Gasteiger partial charge in [-0.25, -0.2) is 4.79 Å². The number of carbonyl (C=O) groups is 1. The molecule has 0 radical (unpaired) electrons. The van der Waals surface area contributed by atoms with Gasteiger partial charge in [-0.1, -0.05) is 15.9 Å². The highest BCUT2D eigenvalue weighted by Gasteiger charge is 2.35. The number of aliphatic hydroxyl groups excluding tert-OH is 2. The fourth-order valence-electron chi connectivity index (χ4n) is 2.79. The minimum Gasteiger partial charge on any atom is -0.394 e. The average Bonchev–Trinajstić information content (AvgIpc) is 2.98. The molecular weight excluding hydrogens is 410 g/mol. The number of nitrogens with one attached hydrogen (secondary N) is 2. The number of halogens is 1. The van der Waals surface area contributed by atoms with Crippen molar-refractivity contribution in [2.24, 2.45) is 0 Å². The minimum absolute atomic E-state index is 0.0354. The highest BCUT2D eigenvalue weighted by Crippen LogP contribution is 2.27. The van der Waals surface area contributed by atoms with E-state index in [4.69, 9.17) is 9.84 Å². The number of alkyl halides is 1. The fraction of sp³-hybridized carbons (Fsp3) is 0.688. The van der Waals surface area contributed by atoms with Crippen molar-refractivity contribution in [1.29, 1.82) is 0 Å². The van der Waals surface area contributed by atoms with Crippen LogP contribution in [-0.4, -0.2) is 56.4 Å². The lowest BCUT2D eigenvalue weighted by Crippen LogP contribution is -2.34. The molecule has 2 heterocycles. The zero-order valence-electron chi connectivity index (χ0n) is 14.3. The van der Waals surface area contributed by atoms with E-state index in [2.05, 4.69) is 26.2 Å². The third-order valence-electron chi connectivity index (χ3n) is 4.22. The van der Waals surface area contributed by atoms with Crippen LogP contribution in [0.1, 0.15) is 37.5 Å². The zero-order valence-corrected chi connectivity index (χ0v) is 15.9. The highest BCUT2D eigenvalue weighted by atomic mass is 79.9. The van der Waals surface area contributed by atoms with E-state index in [0.29, 0.717) is 31.4 Å². The summed E-state index contributed by atoms with van der Waals surface area (Å²) in [5, 5.41) is 22.5. The normalized spacial score (nSPS) is 22.5. The maximum Gasteiger partial charge on any atom is 0.330 e. The number of aromatic nitrogens is 2. The van der Waals surface area contributed by atoms with E-state index in [1.165, 1.54) is 10.8 Å². The Hall–Kier alpha value is -1.49. The summed E-state index contributed by atoms with van der Waals surface area (Å²) < 4.78 is 6.69. The molecule has 0 aliphatic carbocycles. The molecule has 1 saturated heterocycles. The Morgan fingerprint density at radius 3 is 2.85 bits per heavy atom. The molecule has 0 aromatic carbocycles. The Labute approximate surface area is 158 Å². The molecule has 1 amide bonds. The first-order chi connectivity index (χ1) is 12.5. The van der Waals surface area contributed by atoms with Crippen LogP contribution in [0, 0.1) is 0 Å². The van der Waals surface area contributed by atoms with Crippen molar-refractivity contribution in [3.05, 3.63) is 32.6 Å². The molecule has 0 saturated carbocycles. The minimum atomic E-state index is -0.873. The molecule has 10 heteroatoms. The lowest BCUT2D eigenvalue weighted by molar-refractivity contribution is -0.121. The van der Waals surface area contributed by atoms with Gasteiger partial charge in [-0.2, -0.15) is 0 Å². The zero-order chi connectivity index (χ0) is 19.1. The van der Waals surface area contributed by atoms with Gasteiger partial charge in [0.1, 0.15) is 12.3 Å². The van der Waals surface area contributed by atoms with Crippen LogP contribution in [0.4, 0.5) is 0 Å². The number of aryl methyl sites for hydroxylation is 1. The molecular formula is C16H24BrN3O6. The van der Waals surface area contributed by atoms with Gasteiger partial charge in [0.05, 0.1) is 12.7 Å². The molecule has 3 atom stereocenters. The van der Waals surface area contributed by atoms with E-state index in [1.807, 2.05) is 0 Å². The third kappa shape index (κ3) is 5.50. The summed E-state index contributed by atoms with van der Waals surface area (Å²) in [6.07, 6.45) is 1.35. The number of hydrogen-bond acceptors (Lipinski definition) is 6. The predicted molar refractivity (Wildman–Crippen MR) is 97.3 cm³/mol. The summed E-state index contributed by atoms with van der Waals surface area (Å²) in [6.45, 7) is 0.0856. The molecule has 0 spiro atoms. The topological polar surface area (TPSA) is 134 Å². The number of aromatic amines is 1. The predicted octanol–water partition coefficient (Wildman–Crippen LogP) is -0.599. The third-order valence-corrected chi connectivity index (χ3v) is 4.78. The van der Waals surface area contributed by atoms with E-state index >= 15 is 0 Å². The molecule has 146 valence electrons. The van der Waals surface area contributed by atoms with Crippen LogP contribution in [0.5, 0.6) is 0 Å². The summed E-state index contributed by atoms with van der Waals surface area (Å²) in [6, 6.07) is 0. The summed E-state index contributed by atoms with van der Waals surface area (Å²) in [5.74, 6) is -0.0354. The van der Waals surface area contributed by atoms with E-state index < -0.39 is 29.7 Å². The van der Waals surface area contributed by atoms with Crippen LogP contribution < -0.4 is 16.6 Å². The van der Waals surface area contributed by atoms with Crippen LogP contribution in [-0.2, 0) is 16.0 Å². The molecule has 9 nitrogen and oxygen atoms in total. The summed E-state index contributed by atoms with van der Waals surface area (Å²) >= 11 is 3.26. The van der Waals surface area contributed by atoms with E-state index in [1.54, 1.807) is 0 Å².